The summed E-state index contributed by atoms with van der Waals surface area (Å²) in [5.41, 5.74) is 11.2. The summed E-state index contributed by atoms with van der Waals surface area (Å²) in [4.78, 5) is 42.3. The zero-order chi connectivity index (χ0) is 51.1. The third kappa shape index (κ3) is 14.1. The van der Waals surface area contributed by atoms with Crippen LogP contribution in [-0.2, 0) is 62.5 Å². The first-order valence-corrected chi connectivity index (χ1v) is 23.7. The van der Waals surface area contributed by atoms with E-state index >= 15 is 0 Å². The molecule has 4 aliphatic rings. The maximum absolute atomic E-state index is 13.2. The molecule has 3 amide bonds. The minimum Gasteiger partial charge on any atom is -0.467 e. The first kappa shape index (κ1) is 53.7. The van der Waals surface area contributed by atoms with E-state index in [0.717, 1.165) is 11.1 Å². The molecular weight excluding hydrogens is 945 g/mol. The Morgan fingerprint density at radius 3 is 1.71 bits per heavy atom. The van der Waals surface area contributed by atoms with Crippen molar-refractivity contribution in [2.75, 3.05) is 13.2 Å². The summed E-state index contributed by atoms with van der Waals surface area (Å²) >= 11 is 0. The number of carbonyl (C=O) groups excluding carboxylic acids is 3. The van der Waals surface area contributed by atoms with Crippen LogP contribution < -0.4 is 16.0 Å². The van der Waals surface area contributed by atoms with E-state index in [2.05, 4.69) is 26.0 Å². The van der Waals surface area contributed by atoms with E-state index < -0.39 is 123 Å². The number of hydrogen-bond acceptors (Lipinski definition) is 18. The number of nitrogens with one attached hydrogen (secondary N) is 3. The van der Waals surface area contributed by atoms with Gasteiger partial charge in [-0.05, 0) is 53.5 Å². The Bertz CT molecular complexity index is 2280. The van der Waals surface area contributed by atoms with E-state index in [1.165, 1.54) is 0 Å². The normalized spacial score (nSPS) is 32.2. The second-order valence-corrected chi connectivity index (χ2v) is 17.8. The van der Waals surface area contributed by atoms with Gasteiger partial charge < -0.3 is 84.1 Å². The number of nitrogens with zero attached hydrogens (tertiary/aromatic N) is 3. The summed E-state index contributed by atoms with van der Waals surface area (Å²) < 4.78 is 53.8. The predicted octanol–water partition coefficient (Wildman–Crippen LogP) is 3.30. The van der Waals surface area contributed by atoms with E-state index in [9.17, 15) is 39.9 Å². The van der Waals surface area contributed by atoms with Crippen molar-refractivity contribution in [3.63, 3.8) is 0 Å². The van der Waals surface area contributed by atoms with Crippen LogP contribution in [0.2, 0.25) is 0 Å². The van der Waals surface area contributed by atoms with Gasteiger partial charge in [-0.2, -0.15) is 0 Å². The maximum Gasteiger partial charge on any atom is 0.407 e. The molecule has 0 bridgehead atoms. The molecule has 390 valence electrons. The van der Waals surface area contributed by atoms with Crippen molar-refractivity contribution < 1.29 is 82.5 Å². The summed E-state index contributed by atoms with van der Waals surface area (Å²) in [6, 6.07) is 23.4. The minimum atomic E-state index is -1.77. The number of hydrogen-bond donors (Lipinski definition) is 8. The number of carbonyl (C=O) groups is 3. The van der Waals surface area contributed by atoms with Crippen molar-refractivity contribution >= 4 is 18.3 Å². The van der Waals surface area contributed by atoms with Crippen LogP contribution in [-0.4, -0.2) is 149 Å². The van der Waals surface area contributed by atoms with Gasteiger partial charge >= 0.3 is 18.3 Å². The lowest BCUT2D eigenvalue weighted by Gasteiger charge is -2.46. The predicted molar refractivity (Wildman–Crippen MR) is 249 cm³/mol. The van der Waals surface area contributed by atoms with Crippen LogP contribution in [0.1, 0.15) is 49.8 Å². The minimum absolute atomic E-state index is 0.0377. The lowest BCUT2D eigenvalue weighted by Crippen LogP contribution is -2.65. The highest BCUT2D eigenvalue weighted by molar-refractivity contribution is 5.68. The lowest BCUT2D eigenvalue weighted by molar-refractivity contribution is -0.288. The van der Waals surface area contributed by atoms with Gasteiger partial charge in [-0.3, -0.25) is 0 Å². The van der Waals surface area contributed by atoms with Gasteiger partial charge in [-0.15, -0.1) is 0 Å². The Labute approximate surface area is 414 Å². The second-order valence-electron chi connectivity index (χ2n) is 17.8. The fourth-order valence-electron chi connectivity index (χ4n) is 8.91. The van der Waals surface area contributed by atoms with Crippen LogP contribution >= 0.6 is 0 Å². The van der Waals surface area contributed by atoms with Gasteiger partial charge in [0.15, 0.2) is 12.6 Å². The van der Waals surface area contributed by atoms with Crippen LogP contribution in [0.3, 0.4) is 0 Å². The summed E-state index contributed by atoms with van der Waals surface area (Å²) in [5, 5.41) is 68.5. The van der Waals surface area contributed by atoms with Crippen LogP contribution in [0.25, 0.3) is 10.4 Å². The van der Waals surface area contributed by atoms with Crippen LogP contribution in [0.4, 0.5) is 14.4 Å². The summed E-state index contributed by atoms with van der Waals surface area (Å²) in [7, 11) is 0. The van der Waals surface area contributed by atoms with Gasteiger partial charge in [-0.1, -0.05) is 110 Å². The molecule has 3 aromatic carbocycles. The SMILES string of the molecule is CC[C@@H]1O[C@H](O[C@H]2[C@@H](O)[C@H](O[C@@H]3[C@@H](O)[C@H](NC(=O)OCc4ccccc4)C[C@H](C)[C@H]3O[C@H]3OC(CN=[N+]=[N-])=CC[C@H]3NC(=O)OCc3ccccc3)O[C@@H]2CO)[C@H](NC(=O)OCc2ccccc2)[C@@H](O)[C@@H]1O. The van der Waals surface area contributed by atoms with Crippen molar-refractivity contribution in [3.05, 3.63) is 130 Å². The number of amides is 3. The van der Waals surface area contributed by atoms with Gasteiger partial charge in [0.25, 0.3) is 0 Å². The third-order valence-corrected chi connectivity index (χ3v) is 12.7. The maximum atomic E-state index is 13.2. The van der Waals surface area contributed by atoms with Crippen molar-refractivity contribution in [2.45, 2.75) is 145 Å². The van der Waals surface area contributed by atoms with Gasteiger partial charge in [-0.25, -0.2) is 14.4 Å². The molecule has 7 rings (SSSR count). The Morgan fingerprint density at radius 2 is 1.17 bits per heavy atom. The molecule has 3 aliphatic heterocycles. The summed E-state index contributed by atoms with van der Waals surface area (Å²) in [6.07, 6.45) is -18.1. The number of ether oxygens (including phenoxy) is 9. The molecule has 8 N–H and O–H groups in total. The number of alkyl carbamates (subject to hydrolysis) is 3. The number of benzene rings is 3. The fraction of sp³-hybridized carbons (Fsp3) is 0.531. The Morgan fingerprint density at radius 1 is 0.653 bits per heavy atom. The number of azide groups is 1. The monoisotopic (exact) mass is 1010 g/mol. The quantitative estimate of drug-likeness (QED) is 0.0370. The summed E-state index contributed by atoms with van der Waals surface area (Å²) in [5.74, 6) is -0.373. The molecule has 0 aromatic heterocycles. The molecule has 0 unspecified atom stereocenters. The molecule has 23 nitrogen and oxygen atoms in total. The molecule has 0 radical (unpaired) electrons. The van der Waals surface area contributed by atoms with Gasteiger partial charge in [0.1, 0.15) is 74.3 Å². The molecule has 0 spiro atoms. The fourth-order valence-corrected chi connectivity index (χ4v) is 8.91. The number of aliphatic hydroxyl groups is 5. The van der Waals surface area contributed by atoms with Crippen molar-refractivity contribution in [2.24, 2.45) is 11.0 Å². The highest BCUT2D eigenvalue weighted by atomic mass is 16.8. The Balaban J connectivity index is 1.11. The Kier molecular flexibility index (Phi) is 19.4. The molecule has 16 atom stereocenters. The molecule has 3 heterocycles. The topological polar surface area (TPSA) is 320 Å². The first-order chi connectivity index (χ1) is 34.8. The van der Waals surface area contributed by atoms with E-state index in [0.29, 0.717) is 5.56 Å². The van der Waals surface area contributed by atoms with Crippen molar-refractivity contribution in [3.8, 4) is 0 Å². The summed E-state index contributed by atoms with van der Waals surface area (Å²) in [6.45, 7) is 2.27. The number of aliphatic hydroxyl groups excluding tert-OH is 5. The molecule has 3 fully saturated rings. The van der Waals surface area contributed by atoms with E-state index in [1.807, 2.05) is 12.1 Å². The second kappa shape index (κ2) is 26.0. The molecule has 3 aromatic rings. The molecule has 23 heteroatoms. The van der Waals surface area contributed by atoms with E-state index in [-0.39, 0.29) is 51.4 Å². The van der Waals surface area contributed by atoms with Crippen molar-refractivity contribution in [1.82, 2.24) is 16.0 Å². The molecule has 1 aliphatic carbocycles. The van der Waals surface area contributed by atoms with Crippen LogP contribution in [0.5, 0.6) is 0 Å². The average molecular weight is 1010 g/mol. The highest BCUT2D eigenvalue weighted by Crippen LogP contribution is 2.37. The third-order valence-electron chi connectivity index (χ3n) is 12.7. The molecule has 1 saturated carbocycles. The Hall–Kier alpha value is -6.08. The van der Waals surface area contributed by atoms with Crippen LogP contribution in [0, 0.1) is 5.92 Å². The molecule has 2 saturated heterocycles. The first-order valence-electron chi connectivity index (χ1n) is 23.7. The van der Waals surface area contributed by atoms with Crippen LogP contribution in [0.15, 0.2) is 108 Å². The largest absolute Gasteiger partial charge is 0.467 e. The standard InChI is InChI=1S/C49H62N6O17/c1-3-34-38(58)39(59)36(54-49(63)66-26-30-17-11-6-12-18-30)45(68-34)71-42-35(23-56)69-46(40(42)60)72-43-37(57)33(53-48(62)65-25-29-15-9-5-10-16-29)21-27(2)41(43)70-44-32(20-19-31(67-44)22-51-55-50)52-47(61)64-24-28-13-7-4-8-14-28/h4-19,27,32-46,56-60H,3,20-26H2,1-2H3,(H,52,61)(H,53,62)(H,54,63)/t27-,32+,33+,34-,35+,36+,37-,38+,39+,40+,41+,42+,43+,44+,45+,46-/m0/s1. The zero-order valence-electron chi connectivity index (χ0n) is 39.6. The number of rotatable bonds is 19. The molecule has 72 heavy (non-hydrogen) atoms. The smallest absolute Gasteiger partial charge is 0.407 e. The zero-order valence-corrected chi connectivity index (χ0v) is 39.6. The van der Waals surface area contributed by atoms with Gasteiger partial charge in [0, 0.05) is 4.91 Å². The molecular formula is C49H62N6O17. The van der Waals surface area contributed by atoms with E-state index in [1.54, 1.807) is 98.8 Å². The van der Waals surface area contributed by atoms with Crippen molar-refractivity contribution in [1.29, 1.82) is 0 Å². The van der Waals surface area contributed by atoms with Gasteiger partial charge in [0.2, 0.25) is 6.29 Å². The van der Waals surface area contributed by atoms with E-state index in [4.69, 9.17) is 48.2 Å². The average Bonchev–Trinajstić information content (AvgIpc) is 3.69. The highest BCUT2D eigenvalue weighted by Gasteiger charge is 2.55. The lowest BCUT2D eigenvalue weighted by atomic mass is 9.80. The van der Waals surface area contributed by atoms with Gasteiger partial charge in [0.05, 0.1) is 37.4 Å².